The van der Waals surface area contributed by atoms with Gasteiger partial charge in [-0.25, -0.2) is 0 Å². The molecule has 0 radical (unpaired) electrons. The second-order valence-electron chi connectivity index (χ2n) is 5.17. The molecule has 20 heavy (non-hydrogen) atoms. The topological polar surface area (TPSA) is 33.7 Å². The number of halogens is 1. The van der Waals surface area contributed by atoms with Crippen LogP contribution in [0.5, 0.6) is 0 Å². The maximum Gasteiger partial charge on any atom is 0.102 e. The minimum Gasteiger partial charge on any atom is -0.377 e. The van der Waals surface area contributed by atoms with E-state index >= 15 is 0 Å². The fourth-order valence-corrected chi connectivity index (χ4v) is 2.97. The summed E-state index contributed by atoms with van der Waals surface area (Å²) < 4.78 is 10.9. The van der Waals surface area contributed by atoms with Gasteiger partial charge in [-0.2, -0.15) is 0 Å². The van der Waals surface area contributed by atoms with Gasteiger partial charge in [-0.3, -0.25) is 0 Å². The number of anilines is 1. The van der Waals surface area contributed by atoms with E-state index in [0.717, 1.165) is 29.4 Å². The molecule has 4 nitrogen and oxygen atoms in total. The zero-order valence-electron chi connectivity index (χ0n) is 12.5. The molecule has 0 amide bonds. The van der Waals surface area contributed by atoms with E-state index in [2.05, 4.69) is 29.3 Å². The van der Waals surface area contributed by atoms with Crippen LogP contribution in [0, 0.1) is 0 Å². The van der Waals surface area contributed by atoms with Crippen molar-refractivity contribution >= 4 is 17.3 Å². The Kier molecular flexibility index (Phi) is 5.27. The van der Waals surface area contributed by atoms with Crippen molar-refractivity contribution in [2.24, 2.45) is 0 Å². The summed E-state index contributed by atoms with van der Waals surface area (Å²) in [5, 5.41) is 4.00. The summed E-state index contributed by atoms with van der Waals surface area (Å²) in [5.41, 5.74) is 2.23. The van der Waals surface area contributed by atoms with Crippen molar-refractivity contribution in [1.82, 2.24) is 5.32 Å². The van der Waals surface area contributed by atoms with Crippen LogP contribution >= 0.6 is 11.6 Å². The van der Waals surface area contributed by atoms with Crippen molar-refractivity contribution < 1.29 is 9.47 Å². The van der Waals surface area contributed by atoms with Crippen LogP contribution in [0.3, 0.4) is 0 Å². The lowest BCUT2D eigenvalue weighted by atomic mass is 10.1. The van der Waals surface area contributed by atoms with Gasteiger partial charge in [0.05, 0.1) is 0 Å². The Hall–Kier alpha value is -0.810. The highest BCUT2D eigenvalue weighted by Gasteiger charge is 2.33. The Morgan fingerprint density at radius 1 is 1.25 bits per heavy atom. The maximum absolute atomic E-state index is 6.39. The summed E-state index contributed by atoms with van der Waals surface area (Å²) >= 11 is 6.39. The molecule has 0 spiro atoms. The van der Waals surface area contributed by atoms with Crippen molar-refractivity contribution in [3.8, 4) is 0 Å². The van der Waals surface area contributed by atoms with Gasteiger partial charge in [-0.1, -0.05) is 17.7 Å². The number of nitrogens with zero attached hydrogens (tertiary/aromatic N) is 1. The van der Waals surface area contributed by atoms with Crippen LogP contribution in [-0.2, 0) is 9.47 Å². The summed E-state index contributed by atoms with van der Waals surface area (Å²) in [4.78, 5) is 2.25. The second-order valence-corrected chi connectivity index (χ2v) is 5.58. The molecule has 1 fully saturated rings. The lowest BCUT2D eigenvalue weighted by molar-refractivity contribution is -0.00461. The molecule has 0 bridgehead atoms. The summed E-state index contributed by atoms with van der Waals surface area (Å²) in [5.74, 6) is 0. The first-order valence-corrected chi connectivity index (χ1v) is 7.25. The standard InChI is InChI=1S/C15H23ClN2O2/c1-10(17-2)12-6-5-11(7-13(12)16)18-8-14(19-3)15(9-18)20-4/h5-7,10,14-15,17H,8-9H2,1-4H3. The third-order valence-corrected chi connectivity index (χ3v) is 4.40. The van der Waals surface area contributed by atoms with Gasteiger partial charge in [0.25, 0.3) is 0 Å². The predicted molar refractivity (Wildman–Crippen MR) is 82.7 cm³/mol. The molecule has 3 unspecified atom stereocenters. The van der Waals surface area contributed by atoms with E-state index in [-0.39, 0.29) is 18.2 Å². The lowest BCUT2D eigenvalue weighted by Crippen LogP contribution is -2.27. The molecule has 1 aromatic rings. The van der Waals surface area contributed by atoms with E-state index in [9.17, 15) is 0 Å². The summed E-state index contributed by atoms with van der Waals surface area (Å²) in [6.45, 7) is 3.75. The van der Waals surface area contributed by atoms with Crippen LogP contribution in [0.1, 0.15) is 18.5 Å². The molecule has 2 rings (SSSR count). The van der Waals surface area contributed by atoms with E-state index in [4.69, 9.17) is 21.1 Å². The lowest BCUT2D eigenvalue weighted by Gasteiger charge is -2.20. The average Bonchev–Trinajstić information content (AvgIpc) is 2.89. The third kappa shape index (κ3) is 3.09. The number of methoxy groups -OCH3 is 2. The number of hydrogen-bond donors (Lipinski definition) is 1. The average molecular weight is 299 g/mol. The number of hydrogen-bond acceptors (Lipinski definition) is 4. The van der Waals surface area contributed by atoms with Crippen molar-refractivity contribution in [2.75, 3.05) is 39.3 Å². The Balaban J connectivity index is 2.16. The van der Waals surface area contributed by atoms with E-state index in [1.807, 2.05) is 13.1 Å². The molecule has 1 aromatic carbocycles. The third-order valence-electron chi connectivity index (χ3n) is 4.07. The Labute approximate surface area is 126 Å². The fourth-order valence-electron chi connectivity index (χ4n) is 2.63. The van der Waals surface area contributed by atoms with Crippen molar-refractivity contribution in [3.05, 3.63) is 28.8 Å². The first kappa shape index (κ1) is 15.6. The monoisotopic (exact) mass is 298 g/mol. The molecular weight excluding hydrogens is 276 g/mol. The number of ether oxygens (including phenoxy) is 2. The first-order valence-electron chi connectivity index (χ1n) is 6.88. The van der Waals surface area contributed by atoms with E-state index in [1.54, 1.807) is 14.2 Å². The molecule has 3 atom stereocenters. The van der Waals surface area contributed by atoms with Gasteiger partial charge in [-0.15, -0.1) is 0 Å². The van der Waals surface area contributed by atoms with Gasteiger partial charge < -0.3 is 19.7 Å². The Morgan fingerprint density at radius 2 is 1.85 bits per heavy atom. The van der Waals surface area contributed by atoms with Gasteiger partial charge in [-0.05, 0) is 31.7 Å². The zero-order valence-corrected chi connectivity index (χ0v) is 13.3. The molecular formula is C15H23ClN2O2. The largest absolute Gasteiger partial charge is 0.377 e. The fraction of sp³-hybridized carbons (Fsp3) is 0.600. The smallest absolute Gasteiger partial charge is 0.102 e. The molecule has 1 aliphatic heterocycles. The first-order chi connectivity index (χ1) is 9.60. The van der Waals surface area contributed by atoms with Gasteiger partial charge in [0.1, 0.15) is 12.2 Å². The van der Waals surface area contributed by atoms with E-state index in [0.29, 0.717) is 0 Å². The van der Waals surface area contributed by atoms with Crippen LogP contribution < -0.4 is 10.2 Å². The highest BCUT2D eigenvalue weighted by molar-refractivity contribution is 6.31. The molecule has 0 saturated carbocycles. The molecule has 5 heteroatoms. The number of nitrogens with one attached hydrogen (secondary N) is 1. The minimum absolute atomic E-state index is 0.106. The van der Waals surface area contributed by atoms with E-state index < -0.39 is 0 Å². The molecule has 1 aliphatic rings. The molecule has 112 valence electrons. The minimum atomic E-state index is 0.106. The number of rotatable bonds is 5. The zero-order chi connectivity index (χ0) is 14.7. The molecule has 0 aromatic heterocycles. The van der Waals surface area contributed by atoms with Crippen molar-refractivity contribution in [1.29, 1.82) is 0 Å². The van der Waals surface area contributed by atoms with Crippen LogP contribution in [0.15, 0.2) is 18.2 Å². The Morgan fingerprint density at radius 3 is 2.30 bits per heavy atom. The van der Waals surface area contributed by atoms with Crippen LogP contribution in [0.4, 0.5) is 5.69 Å². The number of benzene rings is 1. The van der Waals surface area contributed by atoms with Crippen molar-refractivity contribution in [2.45, 2.75) is 25.2 Å². The molecule has 1 heterocycles. The predicted octanol–water partition coefficient (Wildman–Crippen LogP) is 2.47. The normalized spacial score (nSPS) is 24.1. The van der Waals surface area contributed by atoms with Crippen LogP contribution in [0.2, 0.25) is 5.02 Å². The van der Waals surface area contributed by atoms with E-state index in [1.165, 1.54) is 0 Å². The highest BCUT2D eigenvalue weighted by Crippen LogP contribution is 2.30. The van der Waals surface area contributed by atoms with Crippen molar-refractivity contribution in [3.63, 3.8) is 0 Å². The molecule has 1 saturated heterocycles. The summed E-state index contributed by atoms with van der Waals surface area (Å²) in [6, 6.07) is 6.46. The summed E-state index contributed by atoms with van der Waals surface area (Å²) in [7, 11) is 5.39. The molecule has 0 aliphatic carbocycles. The molecule has 1 N–H and O–H groups in total. The summed E-state index contributed by atoms with van der Waals surface area (Å²) in [6.07, 6.45) is 0.212. The van der Waals surface area contributed by atoms with Crippen LogP contribution in [0.25, 0.3) is 0 Å². The maximum atomic E-state index is 6.39. The van der Waals surface area contributed by atoms with Gasteiger partial charge in [0, 0.05) is 44.1 Å². The quantitative estimate of drug-likeness (QED) is 0.905. The second kappa shape index (κ2) is 6.76. The van der Waals surface area contributed by atoms with Crippen LogP contribution in [-0.4, -0.2) is 46.6 Å². The SMILES string of the molecule is CNC(C)c1ccc(N2CC(OC)C(OC)C2)cc1Cl. The van der Waals surface area contributed by atoms with Gasteiger partial charge in [0.15, 0.2) is 0 Å². The highest BCUT2D eigenvalue weighted by atomic mass is 35.5. The Bertz CT molecular complexity index is 443. The van der Waals surface area contributed by atoms with Gasteiger partial charge in [0.2, 0.25) is 0 Å². The van der Waals surface area contributed by atoms with Gasteiger partial charge >= 0.3 is 0 Å².